The van der Waals surface area contributed by atoms with Crippen LogP contribution in [0.1, 0.15) is 36.8 Å². The van der Waals surface area contributed by atoms with Gasteiger partial charge in [0.2, 0.25) is 5.91 Å². The molecule has 0 atom stereocenters. The lowest BCUT2D eigenvalue weighted by Crippen LogP contribution is -2.28. The van der Waals surface area contributed by atoms with Gasteiger partial charge in [-0.25, -0.2) is 0 Å². The fourth-order valence-corrected chi connectivity index (χ4v) is 2.60. The highest BCUT2D eigenvalue weighted by Crippen LogP contribution is 2.20. The molecule has 0 spiro atoms. The summed E-state index contributed by atoms with van der Waals surface area (Å²) in [7, 11) is 0. The first-order chi connectivity index (χ1) is 9.16. The van der Waals surface area contributed by atoms with Gasteiger partial charge in [-0.15, -0.1) is 12.4 Å². The monoisotopic (exact) mass is 296 g/mol. The number of benzene rings is 1. The van der Waals surface area contributed by atoms with Crippen molar-refractivity contribution < 1.29 is 4.79 Å². The second-order valence-electron chi connectivity index (χ2n) is 5.53. The summed E-state index contributed by atoms with van der Waals surface area (Å²) in [6.45, 7) is 6.32. The normalized spacial score (nSPS) is 15.5. The maximum atomic E-state index is 12.0. The van der Waals surface area contributed by atoms with Crippen molar-refractivity contribution in [3.8, 4) is 0 Å². The number of hydrogen-bond acceptors (Lipinski definition) is 2. The molecule has 0 bridgehead atoms. The van der Waals surface area contributed by atoms with E-state index in [0.717, 1.165) is 30.8 Å². The van der Waals surface area contributed by atoms with Gasteiger partial charge in [0.25, 0.3) is 0 Å². The first-order valence-electron chi connectivity index (χ1n) is 7.23. The first kappa shape index (κ1) is 17.0. The molecular weight excluding hydrogens is 272 g/mol. The average molecular weight is 297 g/mol. The molecule has 0 aromatic heterocycles. The number of carbonyl (C=O) groups excluding carboxylic acids is 1. The molecule has 2 N–H and O–H groups in total. The van der Waals surface area contributed by atoms with Gasteiger partial charge in [0.1, 0.15) is 0 Å². The lowest BCUT2D eigenvalue weighted by Gasteiger charge is -2.22. The van der Waals surface area contributed by atoms with Crippen LogP contribution in [0.3, 0.4) is 0 Å². The Morgan fingerprint density at radius 1 is 1.30 bits per heavy atom. The van der Waals surface area contributed by atoms with E-state index >= 15 is 0 Å². The number of amides is 1. The van der Waals surface area contributed by atoms with Crippen LogP contribution < -0.4 is 10.6 Å². The lowest BCUT2D eigenvalue weighted by molar-refractivity contribution is -0.116. The molecule has 0 saturated carbocycles. The molecule has 1 aromatic carbocycles. The molecule has 1 amide bonds. The van der Waals surface area contributed by atoms with Crippen molar-refractivity contribution in [3.05, 3.63) is 29.3 Å². The fourth-order valence-electron chi connectivity index (χ4n) is 2.60. The average Bonchev–Trinajstić information content (AvgIpc) is 2.43. The van der Waals surface area contributed by atoms with Crippen molar-refractivity contribution in [2.24, 2.45) is 5.92 Å². The fraction of sp³-hybridized carbons (Fsp3) is 0.562. The summed E-state index contributed by atoms with van der Waals surface area (Å²) in [5.41, 5.74) is 3.34. The van der Waals surface area contributed by atoms with Gasteiger partial charge in [-0.2, -0.15) is 0 Å². The molecular formula is C16H25ClN2O. The van der Waals surface area contributed by atoms with Gasteiger partial charge in [0.15, 0.2) is 0 Å². The van der Waals surface area contributed by atoms with Crippen LogP contribution >= 0.6 is 12.4 Å². The number of piperidine rings is 1. The number of carbonyl (C=O) groups is 1. The standard InChI is InChI=1S/C16H24N2O.ClH/c1-12-4-3-5-15(13(12)2)18-16(19)7-6-14-8-10-17-11-9-14;/h3-5,14,17H,6-11H2,1-2H3,(H,18,19);1H. The van der Waals surface area contributed by atoms with E-state index in [1.165, 1.54) is 18.4 Å². The second kappa shape index (κ2) is 8.28. The van der Waals surface area contributed by atoms with Crippen LogP contribution in [0.2, 0.25) is 0 Å². The highest BCUT2D eigenvalue weighted by atomic mass is 35.5. The van der Waals surface area contributed by atoms with Gasteiger partial charge in [-0.3, -0.25) is 4.79 Å². The zero-order chi connectivity index (χ0) is 13.7. The van der Waals surface area contributed by atoms with E-state index < -0.39 is 0 Å². The SMILES string of the molecule is Cc1cccc(NC(=O)CCC2CCNCC2)c1C.Cl. The highest BCUT2D eigenvalue weighted by molar-refractivity contribution is 5.91. The van der Waals surface area contributed by atoms with Crippen LogP contribution in [0.4, 0.5) is 5.69 Å². The number of nitrogens with one attached hydrogen (secondary N) is 2. The quantitative estimate of drug-likeness (QED) is 0.893. The van der Waals surface area contributed by atoms with Crippen LogP contribution in [-0.2, 0) is 4.79 Å². The Hall–Kier alpha value is -1.06. The summed E-state index contributed by atoms with van der Waals surface area (Å²) >= 11 is 0. The van der Waals surface area contributed by atoms with Gasteiger partial charge in [0, 0.05) is 12.1 Å². The smallest absolute Gasteiger partial charge is 0.224 e. The molecule has 1 fully saturated rings. The molecule has 20 heavy (non-hydrogen) atoms. The predicted octanol–water partition coefficient (Wildman–Crippen LogP) is 3.44. The Labute approximate surface area is 127 Å². The second-order valence-corrected chi connectivity index (χ2v) is 5.53. The van der Waals surface area contributed by atoms with E-state index in [1.807, 2.05) is 12.1 Å². The van der Waals surface area contributed by atoms with Crippen LogP contribution in [-0.4, -0.2) is 19.0 Å². The minimum absolute atomic E-state index is 0. The molecule has 1 aromatic rings. The maximum Gasteiger partial charge on any atom is 0.224 e. The molecule has 0 aliphatic carbocycles. The van der Waals surface area contributed by atoms with Crippen LogP contribution in [0.25, 0.3) is 0 Å². The summed E-state index contributed by atoms with van der Waals surface area (Å²) in [4.78, 5) is 12.0. The van der Waals surface area contributed by atoms with E-state index in [1.54, 1.807) is 0 Å². The molecule has 0 radical (unpaired) electrons. The first-order valence-corrected chi connectivity index (χ1v) is 7.23. The van der Waals surface area contributed by atoms with Crippen molar-refractivity contribution in [2.45, 2.75) is 39.5 Å². The van der Waals surface area contributed by atoms with Crippen LogP contribution in [0.5, 0.6) is 0 Å². The van der Waals surface area contributed by atoms with E-state index in [2.05, 4.69) is 30.5 Å². The highest BCUT2D eigenvalue weighted by Gasteiger charge is 2.14. The van der Waals surface area contributed by atoms with Crippen molar-refractivity contribution in [2.75, 3.05) is 18.4 Å². The molecule has 4 heteroatoms. The summed E-state index contributed by atoms with van der Waals surface area (Å²) in [5, 5.41) is 6.39. The van der Waals surface area contributed by atoms with E-state index in [4.69, 9.17) is 0 Å². The summed E-state index contributed by atoms with van der Waals surface area (Å²) in [6, 6.07) is 6.04. The zero-order valence-corrected chi connectivity index (χ0v) is 13.2. The Bertz CT molecular complexity index is 442. The molecule has 3 nitrogen and oxygen atoms in total. The minimum atomic E-state index is 0. The third-order valence-electron chi connectivity index (χ3n) is 4.12. The number of aryl methyl sites for hydroxylation is 1. The van der Waals surface area contributed by atoms with Crippen molar-refractivity contribution in [1.82, 2.24) is 5.32 Å². The van der Waals surface area contributed by atoms with Crippen molar-refractivity contribution in [1.29, 1.82) is 0 Å². The molecule has 1 saturated heterocycles. The summed E-state index contributed by atoms with van der Waals surface area (Å²) in [5.74, 6) is 0.859. The summed E-state index contributed by atoms with van der Waals surface area (Å²) < 4.78 is 0. The Morgan fingerprint density at radius 3 is 2.70 bits per heavy atom. The van der Waals surface area contributed by atoms with E-state index in [-0.39, 0.29) is 18.3 Å². The number of hydrogen-bond donors (Lipinski definition) is 2. The lowest BCUT2D eigenvalue weighted by atomic mass is 9.93. The molecule has 1 aliphatic heterocycles. The Kier molecular flexibility index (Phi) is 7.03. The van der Waals surface area contributed by atoms with Gasteiger partial charge in [-0.1, -0.05) is 12.1 Å². The zero-order valence-electron chi connectivity index (χ0n) is 12.4. The number of anilines is 1. The summed E-state index contributed by atoms with van der Waals surface area (Å²) in [6.07, 6.45) is 4.06. The van der Waals surface area contributed by atoms with E-state index in [0.29, 0.717) is 12.3 Å². The molecule has 112 valence electrons. The molecule has 1 heterocycles. The molecule has 2 rings (SSSR count). The number of rotatable bonds is 4. The van der Waals surface area contributed by atoms with E-state index in [9.17, 15) is 4.79 Å². The van der Waals surface area contributed by atoms with Crippen LogP contribution in [0.15, 0.2) is 18.2 Å². The van der Waals surface area contributed by atoms with Gasteiger partial charge in [0.05, 0.1) is 0 Å². The van der Waals surface area contributed by atoms with Crippen molar-refractivity contribution >= 4 is 24.0 Å². The van der Waals surface area contributed by atoms with Gasteiger partial charge >= 0.3 is 0 Å². The minimum Gasteiger partial charge on any atom is -0.326 e. The largest absolute Gasteiger partial charge is 0.326 e. The topological polar surface area (TPSA) is 41.1 Å². The van der Waals surface area contributed by atoms with Crippen LogP contribution in [0, 0.1) is 19.8 Å². The van der Waals surface area contributed by atoms with Gasteiger partial charge in [-0.05, 0) is 69.3 Å². The Balaban J connectivity index is 0.00000200. The number of halogens is 1. The third kappa shape index (κ3) is 4.80. The van der Waals surface area contributed by atoms with Gasteiger partial charge < -0.3 is 10.6 Å². The maximum absolute atomic E-state index is 12.0. The molecule has 1 aliphatic rings. The Morgan fingerprint density at radius 2 is 2.00 bits per heavy atom. The molecule has 0 unspecified atom stereocenters. The predicted molar refractivity (Wildman–Crippen MR) is 86.6 cm³/mol. The van der Waals surface area contributed by atoms with Crippen molar-refractivity contribution in [3.63, 3.8) is 0 Å². The third-order valence-corrected chi connectivity index (χ3v) is 4.12.